The lowest BCUT2D eigenvalue weighted by Gasteiger charge is -2.09. The summed E-state index contributed by atoms with van der Waals surface area (Å²) in [7, 11) is 0. The van der Waals surface area contributed by atoms with Crippen molar-refractivity contribution in [3.05, 3.63) is 58.8 Å². The smallest absolute Gasteiger partial charge is 0.244 e. The van der Waals surface area contributed by atoms with E-state index in [1.165, 1.54) is 11.3 Å². The van der Waals surface area contributed by atoms with Crippen molar-refractivity contribution in [2.45, 2.75) is 6.54 Å². The molecule has 0 unspecified atom stereocenters. The molecule has 2 N–H and O–H groups in total. The summed E-state index contributed by atoms with van der Waals surface area (Å²) in [6.45, 7) is 0.158. The number of halogens is 1. The number of amides is 1. The van der Waals surface area contributed by atoms with Gasteiger partial charge in [-0.2, -0.15) is 0 Å². The van der Waals surface area contributed by atoms with Gasteiger partial charge in [0.2, 0.25) is 5.91 Å². The average molecular weight is 319 g/mol. The number of anilines is 1. The molecule has 0 spiro atoms. The molecule has 1 heterocycles. The Bertz CT molecular complexity index is 819. The highest BCUT2D eigenvalue weighted by molar-refractivity contribution is 7.06. The van der Waals surface area contributed by atoms with Crippen LogP contribution in [0, 0.1) is 5.41 Å². The summed E-state index contributed by atoms with van der Waals surface area (Å²) in [6, 6.07) is 13.8. The monoisotopic (exact) mass is 318 g/mol. The summed E-state index contributed by atoms with van der Waals surface area (Å²) in [5.74, 6) is -0.127. The highest BCUT2D eigenvalue weighted by Gasteiger charge is 2.06. The van der Waals surface area contributed by atoms with Crippen LogP contribution in [-0.4, -0.2) is 10.5 Å². The Labute approximate surface area is 132 Å². The fourth-order valence-corrected chi connectivity index (χ4v) is 2.70. The zero-order chi connectivity index (χ0) is 13.9. The van der Waals surface area contributed by atoms with Crippen LogP contribution < -0.4 is 22.5 Å². The molecule has 0 radical (unpaired) electrons. The molecule has 3 rings (SSSR count). The van der Waals surface area contributed by atoms with Crippen LogP contribution in [0.5, 0.6) is 0 Å². The highest BCUT2D eigenvalue weighted by Crippen LogP contribution is 2.22. The second-order valence-corrected chi connectivity index (χ2v) is 5.31. The van der Waals surface area contributed by atoms with E-state index < -0.39 is 0 Å². The summed E-state index contributed by atoms with van der Waals surface area (Å²) in [5.41, 5.74) is 0.801. The van der Waals surface area contributed by atoms with Crippen LogP contribution in [0.3, 0.4) is 0 Å². The minimum Gasteiger partial charge on any atom is -1.00 e. The van der Waals surface area contributed by atoms with Gasteiger partial charge in [0.25, 0.3) is 0 Å². The van der Waals surface area contributed by atoms with Crippen molar-refractivity contribution >= 4 is 33.7 Å². The van der Waals surface area contributed by atoms with Gasteiger partial charge >= 0.3 is 0 Å². The van der Waals surface area contributed by atoms with Crippen molar-refractivity contribution < 1.29 is 17.2 Å². The normalized spacial score (nSPS) is 10.1. The van der Waals surface area contributed by atoms with Crippen molar-refractivity contribution in [1.29, 1.82) is 5.41 Å². The molecule has 0 saturated carbocycles. The first-order valence-corrected chi connectivity index (χ1v) is 7.08. The number of nitrogens with one attached hydrogen (secondary N) is 2. The van der Waals surface area contributed by atoms with Gasteiger partial charge in [0.05, 0.1) is 0 Å². The number of aromatic nitrogens is 1. The van der Waals surface area contributed by atoms with E-state index in [-0.39, 0.29) is 24.9 Å². The van der Waals surface area contributed by atoms with Crippen LogP contribution >= 0.6 is 11.3 Å². The summed E-state index contributed by atoms with van der Waals surface area (Å²) in [6.07, 6.45) is 1.75. The molecular weight excluding hydrogens is 306 g/mol. The number of carbonyl (C=O) groups excluding carboxylic acids is 1. The summed E-state index contributed by atoms with van der Waals surface area (Å²) in [5, 5.41) is 14.5. The zero-order valence-corrected chi connectivity index (χ0v) is 12.6. The Hall–Kier alpha value is -2.11. The zero-order valence-electron chi connectivity index (χ0n) is 11.0. The van der Waals surface area contributed by atoms with Crippen molar-refractivity contribution in [2.75, 3.05) is 5.32 Å². The quantitative estimate of drug-likeness (QED) is 0.692. The Morgan fingerprint density at radius 3 is 2.71 bits per heavy atom. The molecule has 0 fully saturated rings. The van der Waals surface area contributed by atoms with E-state index in [4.69, 9.17) is 5.41 Å². The molecule has 4 nitrogen and oxygen atoms in total. The third kappa shape index (κ3) is 3.32. The minimum absolute atomic E-state index is 0. The van der Waals surface area contributed by atoms with E-state index in [0.717, 1.165) is 16.5 Å². The Balaban J connectivity index is 0.00000161. The Morgan fingerprint density at radius 1 is 1.19 bits per heavy atom. The van der Waals surface area contributed by atoms with Crippen LogP contribution in [0.1, 0.15) is 0 Å². The van der Waals surface area contributed by atoms with Gasteiger partial charge in [-0.1, -0.05) is 36.4 Å². The number of nitrogens with zero attached hydrogens (tertiary/aromatic N) is 1. The lowest BCUT2D eigenvalue weighted by Crippen LogP contribution is -3.00. The van der Waals surface area contributed by atoms with Crippen molar-refractivity contribution in [2.24, 2.45) is 0 Å². The molecule has 0 saturated heterocycles. The molecule has 1 aromatic heterocycles. The van der Waals surface area contributed by atoms with E-state index >= 15 is 0 Å². The van der Waals surface area contributed by atoms with E-state index in [1.807, 2.05) is 42.5 Å². The lowest BCUT2D eigenvalue weighted by atomic mass is 10.1. The third-order valence-electron chi connectivity index (χ3n) is 3.06. The Morgan fingerprint density at radius 2 is 1.95 bits per heavy atom. The van der Waals surface area contributed by atoms with E-state index in [1.54, 1.807) is 16.1 Å². The fourth-order valence-electron chi connectivity index (χ4n) is 2.11. The minimum atomic E-state index is -0.127. The first kappa shape index (κ1) is 15.3. The molecule has 21 heavy (non-hydrogen) atoms. The topological polar surface area (TPSA) is 57.9 Å². The van der Waals surface area contributed by atoms with Crippen molar-refractivity contribution in [1.82, 2.24) is 4.57 Å². The molecular formula is C15H13ClN3OS-. The summed E-state index contributed by atoms with van der Waals surface area (Å²) in [4.78, 5) is 12.4. The molecule has 2 aromatic carbocycles. The SMILES string of the molecule is N=c1sccn1CC(=O)Nc1cccc2ccccc12.[Cl-]. The molecule has 6 heteroatoms. The van der Waals surface area contributed by atoms with E-state index in [9.17, 15) is 4.79 Å². The Kier molecular flexibility index (Phi) is 4.77. The molecule has 0 aliphatic carbocycles. The van der Waals surface area contributed by atoms with Gasteiger partial charge in [-0.05, 0) is 11.5 Å². The number of fused-ring (bicyclic) bond motifs is 1. The lowest BCUT2D eigenvalue weighted by molar-refractivity contribution is -0.116. The maximum absolute atomic E-state index is 12.1. The maximum Gasteiger partial charge on any atom is 0.244 e. The van der Waals surface area contributed by atoms with Gasteiger partial charge in [-0.15, -0.1) is 11.3 Å². The summed E-state index contributed by atoms with van der Waals surface area (Å²) >= 11 is 1.30. The van der Waals surface area contributed by atoms with Crippen LogP contribution in [0.4, 0.5) is 5.69 Å². The highest BCUT2D eigenvalue weighted by atomic mass is 35.5. The van der Waals surface area contributed by atoms with Gasteiger partial charge < -0.3 is 22.3 Å². The number of hydrogen-bond donors (Lipinski definition) is 2. The number of benzene rings is 2. The molecule has 0 aliphatic heterocycles. The molecule has 0 aliphatic rings. The van der Waals surface area contributed by atoms with Gasteiger partial charge in [0, 0.05) is 22.7 Å². The fraction of sp³-hybridized carbons (Fsp3) is 0.0667. The third-order valence-corrected chi connectivity index (χ3v) is 3.77. The van der Waals surface area contributed by atoms with E-state index in [0.29, 0.717) is 4.80 Å². The first-order valence-electron chi connectivity index (χ1n) is 6.20. The molecule has 3 aromatic rings. The molecule has 1 amide bonds. The van der Waals surface area contributed by atoms with Crippen LogP contribution in [0.25, 0.3) is 10.8 Å². The predicted octanol–water partition coefficient (Wildman–Crippen LogP) is -0.175. The molecule has 0 bridgehead atoms. The number of carbonyl (C=O) groups is 1. The van der Waals surface area contributed by atoms with Crippen LogP contribution in [-0.2, 0) is 11.3 Å². The molecule has 108 valence electrons. The maximum atomic E-state index is 12.1. The van der Waals surface area contributed by atoms with E-state index in [2.05, 4.69) is 5.32 Å². The number of hydrogen-bond acceptors (Lipinski definition) is 3. The van der Waals surface area contributed by atoms with Crippen LogP contribution in [0.2, 0.25) is 0 Å². The number of rotatable bonds is 3. The van der Waals surface area contributed by atoms with Gasteiger partial charge in [0.15, 0.2) is 4.80 Å². The number of thiazole rings is 1. The van der Waals surface area contributed by atoms with Crippen molar-refractivity contribution in [3.63, 3.8) is 0 Å². The standard InChI is InChI=1S/C15H13N3OS.ClH/c16-15-18(8-9-20-15)10-14(19)17-13-7-3-5-11-4-1-2-6-12(11)13;/h1-9,16H,10H2,(H,17,19);1H/p-1. The van der Waals surface area contributed by atoms with Gasteiger partial charge in [-0.25, -0.2) is 0 Å². The second kappa shape index (κ2) is 6.56. The van der Waals surface area contributed by atoms with Crippen molar-refractivity contribution in [3.8, 4) is 0 Å². The largest absolute Gasteiger partial charge is 1.00 e. The van der Waals surface area contributed by atoms with Gasteiger partial charge in [0.1, 0.15) is 6.54 Å². The average Bonchev–Trinajstić information content (AvgIpc) is 2.85. The van der Waals surface area contributed by atoms with Crippen LogP contribution in [0.15, 0.2) is 54.0 Å². The van der Waals surface area contributed by atoms with Gasteiger partial charge in [-0.3, -0.25) is 10.2 Å². The second-order valence-electron chi connectivity index (χ2n) is 4.41. The predicted molar refractivity (Wildman–Crippen MR) is 80.7 cm³/mol. The first-order chi connectivity index (χ1) is 9.74. The molecule has 0 atom stereocenters. The summed E-state index contributed by atoms with van der Waals surface area (Å²) < 4.78 is 1.62.